The topological polar surface area (TPSA) is 60.9 Å². The first-order valence-electron chi connectivity index (χ1n) is 8.53. The molecule has 0 unspecified atom stereocenters. The molecule has 2 aliphatic heterocycles. The number of halogens is 6. The maximum absolute atomic E-state index is 14.6. The summed E-state index contributed by atoms with van der Waals surface area (Å²) in [6, 6.07) is 3.46. The summed E-state index contributed by atoms with van der Waals surface area (Å²) in [6.45, 7) is -1.69. The van der Waals surface area contributed by atoms with Gasteiger partial charge in [0.2, 0.25) is 6.86 Å². The van der Waals surface area contributed by atoms with Crippen LogP contribution in [0.25, 0.3) is 0 Å². The SMILES string of the molecule is O=C1OC[C@@]2(CCOc3c2ccc(Br)c3F)N1c1ncc(C(F)(F)F)cc1OCF. The van der Waals surface area contributed by atoms with E-state index >= 15 is 0 Å². The highest BCUT2D eigenvalue weighted by Gasteiger charge is 2.54. The van der Waals surface area contributed by atoms with Crippen LogP contribution in [0, 0.1) is 5.82 Å². The molecule has 30 heavy (non-hydrogen) atoms. The Morgan fingerprint density at radius 2 is 2.07 bits per heavy atom. The lowest BCUT2D eigenvalue weighted by atomic mass is 9.84. The van der Waals surface area contributed by atoms with E-state index in [1.54, 1.807) is 0 Å². The lowest BCUT2D eigenvalue weighted by molar-refractivity contribution is -0.138. The van der Waals surface area contributed by atoms with E-state index in [-0.39, 0.29) is 41.2 Å². The minimum absolute atomic E-state index is 0.00650. The predicted octanol–water partition coefficient (Wildman–Crippen LogP) is 4.94. The van der Waals surface area contributed by atoms with Gasteiger partial charge >= 0.3 is 12.3 Å². The number of fused-ring (bicyclic) bond motifs is 2. The van der Waals surface area contributed by atoms with Crippen LogP contribution in [0.3, 0.4) is 0 Å². The number of benzene rings is 1. The molecule has 1 amide bonds. The third-order valence-corrected chi connectivity index (χ3v) is 5.55. The molecule has 1 aromatic carbocycles. The van der Waals surface area contributed by atoms with E-state index in [1.165, 1.54) is 12.1 Å². The molecular weight excluding hydrogens is 483 g/mol. The van der Waals surface area contributed by atoms with Crippen molar-refractivity contribution in [2.24, 2.45) is 0 Å². The maximum Gasteiger partial charge on any atom is 0.418 e. The largest absolute Gasteiger partial charge is 0.490 e. The van der Waals surface area contributed by atoms with E-state index in [9.17, 15) is 26.7 Å². The van der Waals surface area contributed by atoms with Crippen LogP contribution in [-0.2, 0) is 16.5 Å². The molecule has 0 aliphatic carbocycles. The maximum atomic E-state index is 14.6. The third-order valence-electron chi connectivity index (χ3n) is 4.94. The quantitative estimate of drug-likeness (QED) is 0.565. The third kappa shape index (κ3) is 3.13. The fourth-order valence-corrected chi connectivity index (χ4v) is 3.89. The Morgan fingerprint density at radius 1 is 1.30 bits per heavy atom. The Kier molecular flexibility index (Phi) is 4.99. The van der Waals surface area contributed by atoms with Crippen molar-refractivity contribution < 1.29 is 41.0 Å². The van der Waals surface area contributed by atoms with Gasteiger partial charge in [-0.1, -0.05) is 6.07 Å². The number of anilines is 1. The van der Waals surface area contributed by atoms with E-state index in [0.29, 0.717) is 12.3 Å². The molecule has 2 aromatic rings. The van der Waals surface area contributed by atoms with Gasteiger partial charge in [0.1, 0.15) is 12.1 Å². The number of rotatable bonds is 3. The van der Waals surface area contributed by atoms with Gasteiger partial charge in [0.15, 0.2) is 23.1 Å². The summed E-state index contributed by atoms with van der Waals surface area (Å²) in [7, 11) is 0. The monoisotopic (exact) mass is 494 g/mol. The van der Waals surface area contributed by atoms with Gasteiger partial charge in [0.25, 0.3) is 0 Å². The highest BCUT2D eigenvalue weighted by molar-refractivity contribution is 9.10. The molecule has 1 spiro atoms. The van der Waals surface area contributed by atoms with Crippen molar-refractivity contribution in [3.63, 3.8) is 0 Å². The highest BCUT2D eigenvalue weighted by Crippen LogP contribution is 2.50. The zero-order chi connectivity index (χ0) is 21.7. The summed E-state index contributed by atoms with van der Waals surface area (Å²) in [6.07, 6.45) is -5.07. The van der Waals surface area contributed by atoms with Crippen LogP contribution in [0.1, 0.15) is 17.5 Å². The number of ether oxygens (including phenoxy) is 3. The molecule has 4 rings (SSSR count). The Balaban J connectivity index is 1.90. The van der Waals surface area contributed by atoms with Crippen LogP contribution in [0.2, 0.25) is 0 Å². The number of hydrogen-bond acceptors (Lipinski definition) is 5. The summed E-state index contributed by atoms with van der Waals surface area (Å²) < 4.78 is 82.1. The van der Waals surface area contributed by atoms with Gasteiger partial charge in [-0.3, -0.25) is 0 Å². The molecule has 1 fully saturated rings. The number of alkyl halides is 4. The molecule has 3 heterocycles. The van der Waals surface area contributed by atoms with Crippen molar-refractivity contribution in [3.05, 3.63) is 45.8 Å². The van der Waals surface area contributed by atoms with E-state index in [4.69, 9.17) is 14.2 Å². The molecule has 0 bridgehead atoms. The number of carbonyl (C=O) groups is 1. The summed E-state index contributed by atoms with van der Waals surface area (Å²) >= 11 is 3.05. The second-order valence-corrected chi connectivity index (χ2v) is 7.41. The Hall–Kier alpha value is -2.63. The van der Waals surface area contributed by atoms with Gasteiger partial charge in [-0.15, -0.1) is 0 Å². The molecule has 0 radical (unpaired) electrons. The first kappa shape index (κ1) is 20.6. The first-order chi connectivity index (χ1) is 14.2. The molecule has 2 aliphatic rings. The highest BCUT2D eigenvalue weighted by atomic mass is 79.9. The summed E-state index contributed by atoms with van der Waals surface area (Å²) in [5, 5.41) is 0. The van der Waals surface area contributed by atoms with E-state index < -0.39 is 41.8 Å². The lowest BCUT2D eigenvalue weighted by Crippen LogP contribution is -2.48. The van der Waals surface area contributed by atoms with Crippen LogP contribution < -0.4 is 14.4 Å². The predicted molar refractivity (Wildman–Crippen MR) is 95.6 cm³/mol. The molecule has 1 aromatic heterocycles. The molecule has 1 atom stereocenters. The average molecular weight is 495 g/mol. The van der Waals surface area contributed by atoms with Crippen LogP contribution in [0.5, 0.6) is 11.5 Å². The van der Waals surface area contributed by atoms with Crippen molar-refractivity contribution in [1.29, 1.82) is 0 Å². The fourth-order valence-electron chi connectivity index (χ4n) is 3.58. The summed E-state index contributed by atoms with van der Waals surface area (Å²) in [5.74, 6) is -1.80. The van der Waals surface area contributed by atoms with Gasteiger partial charge in [0.05, 0.1) is 16.6 Å². The van der Waals surface area contributed by atoms with Gasteiger partial charge < -0.3 is 14.2 Å². The van der Waals surface area contributed by atoms with E-state index in [1.807, 2.05) is 0 Å². The van der Waals surface area contributed by atoms with Crippen LogP contribution >= 0.6 is 15.9 Å². The Bertz CT molecular complexity index is 1020. The number of carbonyl (C=O) groups excluding carboxylic acids is 1. The Morgan fingerprint density at radius 3 is 2.77 bits per heavy atom. The molecule has 6 nitrogen and oxygen atoms in total. The van der Waals surface area contributed by atoms with Crippen molar-refractivity contribution in [2.75, 3.05) is 25.0 Å². The number of cyclic esters (lactones) is 1. The zero-order valence-corrected chi connectivity index (χ0v) is 16.5. The smallest absolute Gasteiger partial charge is 0.418 e. The standard InChI is InChI=1S/C18H12BrF5N2O4/c19-11-2-1-10-14(13(11)21)28-4-3-17(10)7-29-16(27)26(17)15-12(30-8-20)5-9(6-25-15)18(22,23)24/h1-2,5-6H,3-4,7-8H2/t17-/m1/s1. The second-order valence-electron chi connectivity index (χ2n) is 6.56. The van der Waals surface area contributed by atoms with Crippen molar-refractivity contribution >= 4 is 27.8 Å². The van der Waals surface area contributed by atoms with Crippen molar-refractivity contribution in [1.82, 2.24) is 4.98 Å². The number of nitrogens with zero attached hydrogens (tertiary/aromatic N) is 2. The minimum Gasteiger partial charge on any atom is -0.490 e. The fraction of sp³-hybridized carbons (Fsp3) is 0.333. The number of pyridine rings is 1. The number of amides is 1. The van der Waals surface area contributed by atoms with Gasteiger partial charge in [-0.2, -0.15) is 13.2 Å². The van der Waals surface area contributed by atoms with Gasteiger partial charge in [-0.05, 0) is 28.1 Å². The molecular formula is C18H12BrF5N2O4. The Labute approximate surface area is 174 Å². The van der Waals surface area contributed by atoms with Gasteiger partial charge in [0, 0.05) is 18.2 Å². The van der Waals surface area contributed by atoms with Gasteiger partial charge in [-0.25, -0.2) is 23.5 Å². The van der Waals surface area contributed by atoms with Crippen LogP contribution in [-0.4, -0.2) is 31.2 Å². The normalized spacial score (nSPS) is 20.7. The zero-order valence-electron chi connectivity index (χ0n) is 14.9. The van der Waals surface area contributed by atoms with E-state index in [2.05, 4.69) is 20.9 Å². The van der Waals surface area contributed by atoms with Crippen LogP contribution in [0.15, 0.2) is 28.9 Å². The summed E-state index contributed by atoms with van der Waals surface area (Å²) in [5.41, 5.74) is -2.26. The molecule has 0 saturated carbocycles. The van der Waals surface area contributed by atoms with Crippen LogP contribution in [0.4, 0.5) is 32.6 Å². The first-order valence-corrected chi connectivity index (χ1v) is 9.32. The molecule has 12 heteroatoms. The van der Waals surface area contributed by atoms with E-state index in [0.717, 1.165) is 4.90 Å². The minimum atomic E-state index is -4.76. The summed E-state index contributed by atoms with van der Waals surface area (Å²) in [4.78, 5) is 17.3. The molecule has 1 saturated heterocycles. The molecule has 0 N–H and O–H groups in total. The number of aromatic nitrogens is 1. The second kappa shape index (κ2) is 7.25. The molecule has 160 valence electrons. The van der Waals surface area contributed by atoms with Crippen molar-refractivity contribution in [3.8, 4) is 11.5 Å². The number of hydrogen-bond donors (Lipinski definition) is 0. The lowest BCUT2D eigenvalue weighted by Gasteiger charge is -2.39. The van der Waals surface area contributed by atoms with Crippen molar-refractivity contribution in [2.45, 2.75) is 18.1 Å². The average Bonchev–Trinajstić information content (AvgIpc) is 3.01.